The van der Waals surface area contributed by atoms with Crippen LogP contribution < -0.4 is 25.8 Å². The average Bonchev–Trinajstić information content (AvgIpc) is 2.56. The first-order valence-electron chi connectivity index (χ1n) is 7.77. The number of rotatable bonds is 10. The zero-order chi connectivity index (χ0) is 17.1. The molecule has 7 heteroatoms. The lowest BCUT2D eigenvalue weighted by Crippen LogP contribution is -2.36. The highest BCUT2D eigenvalue weighted by atomic mass is 16.5. The number of hydrogen-bond acceptors (Lipinski definition) is 5. The van der Waals surface area contributed by atoms with Crippen molar-refractivity contribution in [1.82, 2.24) is 5.32 Å². The molecular weight excluding hydrogens is 298 g/mol. The third-order valence-corrected chi connectivity index (χ3v) is 2.78. The van der Waals surface area contributed by atoms with Crippen molar-refractivity contribution in [3.05, 3.63) is 18.2 Å². The summed E-state index contributed by atoms with van der Waals surface area (Å²) in [5.74, 6) is 0.518. The largest absolute Gasteiger partial charge is 0.490 e. The molecule has 7 nitrogen and oxygen atoms in total. The highest BCUT2D eigenvalue weighted by Crippen LogP contribution is 2.30. The van der Waals surface area contributed by atoms with Crippen molar-refractivity contribution in [3.63, 3.8) is 0 Å². The van der Waals surface area contributed by atoms with Crippen LogP contribution >= 0.6 is 0 Å². The second-order valence-electron chi connectivity index (χ2n) is 4.89. The lowest BCUT2D eigenvalue weighted by molar-refractivity contribution is -0.123. The zero-order valence-electron chi connectivity index (χ0n) is 13.7. The highest BCUT2D eigenvalue weighted by molar-refractivity contribution is 5.94. The van der Waals surface area contributed by atoms with Crippen LogP contribution in [0.25, 0.3) is 0 Å². The smallest absolute Gasteiger partial charge is 0.243 e. The van der Waals surface area contributed by atoms with E-state index in [2.05, 4.69) is 10.6 Å². The SMILES string of the molecule is CCCOc1ccc(NC(=O)CNC(=O)CN)cc1OCCC. The summed E-state index contributed by atoms with van der Waals surface area (Å²) < 4.78 is 11.3. The van der Waals surface area contributed by atoms with Gasteiger partial charge in [0.15, 0.2) is 11.5 Å². The van der Waals surface area contributed by atoms with Crippen LogP contribution in [0.4, 0.5) is 5.69 Å². The van der Waals surface area contributed by atoms with Gasteiger partial charge in [-0.2, -0.15) is 0 Å². The van der Waals surface area contributed by atoms with Crippen LogP contribution in [0.3, 0.4) is 0 Å². The van der Waals surface area contributed by atoms with Gasteiger partial charge in [-0.15, -0.1) is 0 Å². The predicted octanol–water partition coefficient (Wildman–Crippen LogP) is 1.28. The van der Waals surface area contributed by atoms with E-state index in [9.17, 15) is 9.59 Å². The Morgan fingerprint density at radius 3 is 2.30 bits per heavy atom. The second-order valence-corrected chi connectivity index (χ2v) is 4.89. The van der Waals surface area contributed by atoms with Crippen molar-refractivity contribution in [2.45, 2.75) is 26.7 Å². The summed E-state index contributed by atoms with van der Waals surface area (Å²) in [6.45, 7) is 4.92. The Bertz CT molecular complexity index is 520. The van der Waals surface area contributed by atoms with Crippen molar-refractivity contribution in [3.8, 4) is 11.5 Å². The van der Waals surface area contributed by atoms with Crippen molar-refractivity contribution in [2.75, 3.05) is 31.6 Å². The normalized spacial score (nSPS) is 10.0. The molecule has 0 saturated heterocycles. The molecule has 0 atom stereocenters. The maximum Gasteiger partial charge on any atom is 0.243 e. The molecule has 0 saturated carbocycles. The molecule has 0 unspecified atom stereocenters. The molecular formula is C16H25N3O4. The second kappa shape index (κ2) is 10.4. The van der Waals surface area contributed by atoms with Gasteiger partial charge in [0.1, 0.15) is 0 Å². The molecule has 2 amide bonds. The summed E-state index contributed by atoms with van der Waals surface area (Å²) in [4.78, 5) is 22.8. The average molecular weight is 323 g/mol. The summed E-state index contributed by atoms with van der Waals surface area (Å²) in [6.07, 6.45) is 1.77. The molecule has 0 aliphatic heterocycles. The molecule has 4 N–H and O–H groups in total. The van der Waals surface area contributed by atoms with E-state index in [0.29, 0.717) is 30.4 Å². The Morgan fingerprint density at radius 1 is 1.04 bits per heavy atom. The van der Waals surface area contributed by atoms with E-state index >= 15 is 0 Å². The minimum absolute atomic E-state index is 0.130. The molecule has 1 rings (SSSR count). The van der Waals surface area contributed by atoms with E-state index in [-0.39, 0.29) is 24.9 Å². The molecule has 0 spiro atoms. The Morgan fingerprint density at radius 2 is 1.70 bits per heavy atom. The van der Waals surface area contributed by atoms with Gasteiger partial charge < -0.3 is 25.8 Å². The fraction of sp³-hybridized carbons (Fsp3) is 0.500. The number of hydrogen-bond donors (Lipinski definition) is 3. The van der Waals surface area contributed by atoms with Crippen LogP contribution in [0.5, 0.6) is 11.5 Å². The zero-order valence-corrected chi connectivity index (χ0v) is 13.7. The van der Waals surface area contributed by atoms with Crippen molar-refractivity contribution in [1.29, 1.82) is 0 Å². The lowest BCUT2D eigenvalue weighted by atomic mass is 10.2. The summed E-state index contributed by atoms with van der Waals surface area (Å²) in [5, 5.41) is 5.10. The number of nitrogens with one attached hydrogen (secondary N) is 2. The van der Waals surface area contributed by atoms with Crippen LogP contribution in [0, 0.1) is 0 Å². The Labute approximate surface area is 136 Å². The third kappa shape index (κ3) is 7.01. The van der Waals surface area contributed by atoms with Crippen LogP contribution in [0.2, 0.25) is 0 Å². The first-order valence-corrected chi connectivity index (χ1v) is 7.77. The summed E-state index contributed by atoms with van der Waals surface area (Å²) >= 11 is 0. The van der Waals surface area contributed by atoms with E-state index in [1.165, 1.54) is 0 Å². The molecule has 23 heavy (non-hydrogen) atoms. The monoisotopic (exact) mass is 323 g/mol. The van der Waals surface area contributed by atoms with E-state index in [4.69, 9.17) is 15.2 Å². The minimum atomic E-state index is -0.379. The van der Waals surface area contributed by atoms with Gasteiger partial charge in [-0.3, -0.25) is 9.59 Å². The summed E-state index contributed by atoms with van der Waals surface area (Å²) in [6, 6.07) is 5.20. The van der Waals surface area contributed by atoms with Crippen LogP contribution in [-0.4, -0.2) is 38.1 Å². The Hall–Kier alpha value is -2.28. The van der Waals surface area contributed by atoms with E-state index < -0.39 is 0 Å². The lowest BCUT2D eigenvalue weighted by Gasteiger charge is -2.14. The maximum atomic E-state index is 11.8. The first kappa shape index (κ1) is 18.8. The fourth-order valence-electron chi connectivity index (χ4n) is 1.70. The van der Waals surface area contributed by atoms with E-state index in [0.717, 1.165) is 12.8 Å². The van der Waals surface area contributed by atoms with Gasteiger partial charge in [0.05, 0.1) is 26.3 Å². The van der Waals surface area contributed by atoms with Gasteiger partial charge in [-0.05, 0) is 25.0 Å². The van der Waals surface area contributed by atoms with Gasteiger partial charge in [-0.25, -0.2) is 0 Å². The molecule has 0 radical (unpaired) electrons. The van der Waals surface area contributed by atoms with Gasteiger partial charge in [0.2, 0.25) is 11.8 Å². The minimum Gasteiger partial charge on any atom is -0.490 e. The molecule has 0 aliphatic carbocycles. The Kier molecular flexibility index (Phi) is 8.52. The van der Waals surface area contributed by atoms with Crippen LogP contribution in [0.15, 0.2) is 18.2 Å². The quantitative estimate of drug-likeness (QED) is 0.602. The van der Waals surface area contributed by atoms with Gasteiger partial charge >= 0.3 is 0 Å². The molecule has 0 heterocycles. The number of amides is 2. The van der Waals surface area contributed by atoms with Gasteiger partial charge in [-0.1, -0.05) is 13.8 Å². The number of carbonyl (C=O) groups excluding carboxylic acids is 2. The third-order valence-electron chi connectivity index (χ3n) is 2.78. The molecule has 1 aromatic rings. The summed E-state index contributed by atoms with van der Waals surface area (Å²) in [7, 11) is 0. The van der Waals surface area contributed by atoms with Crippen molar-refractivity contribution >= 4 is 17.5 Å². The topological polar surface area (TPSA) is 103 Å². The van der Waals surface area contributed by atoms with Crippen molar-refractivity contribution in [2.24, 2.45) is 5.73 Å². The first-order chi connectivity index (χ1) is 11.1. The van der Waals surface area contributed by atoms with Crippen LogP contribution in [0.1, 0.15) is 26.7 Å². The fourth-order valence-corrected chi connectivity index (χ4v) is 1.70. The molecule has 0 bridgehead atoms. The van der Waals surface area contributed by atoms with E-state index in [1.54, 1.807) is 18.2 Å². The number of anilines is 1. The predicted molar refractivity (Wildman–Crippen MR) is 88.7 cm³/mol. The molecule has 0 fully saturated rings. The number of carbonyl (C=O) groups is 2. The van der Waals surface area contributed by atoms with E-state index in [1.807, 2.05) is 13.8 Å². The van der Waals surface area contributed by atoms with Crippen molar-refractivity contribution < 1.29 is 19.1 Å². The summed E-state index contributed by atoms with van der Waals surface area (Å²) in [5.41, 5.74) is 5.74. The number of ether oxygens (including phenoxy) is 2. The van der Waals surface area contributed by atoms with Gasteiger partial charge in [0, 0.05) is 11.8 Å². The highest BCUT2D eigenvalue weighted by Gasteiger charge is 2.09. The Balaban J connectivity index is 2.70. The molecule has 1 aromatic carbocycles. The number of benzene rings is 1. The standard InChI is InChI=1S/C16H25N3O4/c1-3-7-22-13-6-5-12(9-14(13)23-8-4-2)19-16(21)11-18-15(20)10-17/h5-6,9H,3-4,7-8,10-11,17H2,1-2H3,(H,18,20)(H,19,21). The molecule has 0 aromatic heterocycles. The molecule has 128 valence electrons. The molecule has 0 aliphatic rings. The van der Waals surface area contributed by atoms with Crippen LogP contribution in [-0.2, 0) is 9.59 Å². The van der Waals surface area contributed by atoms with Gasteiger partial charge in [0.25, 0.3) is 0 Å². The maximum absolute atomic E-state index is 11.8. The number of nitrogens with two attached hydrogens (primary N) is 1.